The van der Waals surface area contributed by atoms with Crippen molar-refractivity contribution in [2.45, 2.75) is 46.2 Å². The zero-order chi connectivity index (χ0) is 21.1. The van der Waals surface area contributed by atoms with Gasteiger partial charge in [-0.15, -0.1) is 0 Å². The van der Waals surface area contributed by atoms with Crippen molar-refractivity contribution in [1.82, 2.24) is 15.1 Å². The third kappa shape index (κ3) is 4.40. The van der Waals surface area contributed by atoms with Crippen molar-refractivity contribution < 1.29 is 4.79 Å². The van der Waals surface area contributed by atoms with Gasteiger partial charge in [-0.05, 0) is 69.0 Å². The van der Waals surface area contributed by atoms with Crippen LogP contribution in [0.25, 0.3) is 0 Å². The number of amides is 1. The first-order valence-electron chi connectivity index (χ1n) is 10.7. The normalized spacial score (nSPS) is 15.3. The summed E-state index contributed by atoms with van der Waals surface area (Å²) >= 11 is 0. The van der Waals surface area contributed by atoms with Gasteiger partial charge < -0.3 is 10.2 Å². The Morgan fingerprint density at radius 2 is 1.90 bits per heavy atom. The summed E-state index contributed by atoms with van der Waals surface area (Å²) < 4.78 is 1.99. The van der Waals surface area contributed by atoms with Gasteiger partial charge in [-0.3, -0.25) is 9.48 Å². The molecular formula is C25H30N4O. The summed E-state index contributed by atoms with van der Waals surface area (Å²) in [5.41, 5.74) is 6.77. The second-order valence-electron chi connectivity index (χ2n) is 8.27. The number of nitrogens with one attached hydrogen (secondary N) is 1. The number of carbonyl (C=O) groups excluding carboxylic acids is 1. The molecule has 1 amide bonds. The molecule has 4 rings (SSSR count). The van der Waals surface area contributed by atoms with Crippen molar-refractivity contribution in [3.05, 3.63) is 82.7 Å². The summed E-state index contributed by atoms with van der Waals surface area (Å²) in [7, 11) is 0. The molecule has 3 aromatic rings. The number of aryl methyl sites for hydroxylation is 2. The highest BCUT2D eigenvalue weighted by atomic mass is 16.1. The zero-order valence-corrected chi connectivity index (χ0v) is 18.1. The van der Waals surface area contributed by atoms with Gasteiger partial charge in [-0.2, -0.15) is 5.10 Å². The Balaban J connectivity index is 1.26. The second kappa shape index (κ2) is 8.74. The van der Waals surface area contributed by atoms with E-state index in [1.165, 1.54) is 11.3 Å². The minimum atomic E-state index is -0.0115. The van der Waals surface area contributed by atoms with E-state index in [9.17, 15) is 4.79 Å². The average Bonchev–Trinajstić information content (AvgIpc) is 3.23. The lowest BCUT2D eigenvalue weighted by molar-refractivity contribution is 0.0953. The molecule has 1 aliphatic heterocycles. The molecule has 0 unspecified atom stereocenters. The number of carbonyl (C=O) groups is 1. The van der Waals surface area contributed by atoms with Gasteiger partial charge in [0.1, 0.15) is 0 Å². The lowest BCUT2D eigenvalue weighted by Gasteiger charge is -2.24. The maximum Gasteiger partial charge on any atom is 0.251 e. The van der Waals surface area contributed by atoms with E-state index in [2.05, 4.69) is 59.5 Å². The Morgan fingerprint density at radius 1 is 1.13 bits per heavy atom. The van der Waals surface area contributed by atoms with Crippen molar-refractivity contribution >= 4 is 11.6 Å². The molecule has 2 aromatic carbocycles. The molecule has 2 heterocycles. The largest absolute Gasteiger partial charge is 0.368 e. The van der Waals surface area contributed by atoms with Gasteiger partial charge in [0.05, 0.1) is 12.2 Å². The number of anilines is 1. The van der Waals surface area contributed by atoms with Crippen LogP contribution in [0.3, 0.4) is 0 Å². The van der Waals surface area contributed by atoms with Crippen molar-refractivity contribution in [1.29, 1.82) is 0 Å². The van der Waals surface area contributed by atoms with E-state index < -0.39 is 0 Å². The smallest absolute Gasteiger partial charge is 0.251 e. The molecule has 1 aliphatic rings. The van der Waals surface area contributed by atoms with E-state index >= 15 is 0 Å². The van der Waals surface area contributed by atoms with Gasteiger partial charge in [-0.25, -0.2) is 0 Å². The summed E-state index contributed by atoms with van der Waals surface area (Å²) in [5, 5.41) is 7.56. The van der Waals surface area contributed by atoms with Crippen molar-refractivity contribution in [3.8, 4) is 0 Å². The maximum atomic E-state index is 12.5. The van der Waals surface area contributed by atoms with Crippen LogP contribution in [0.1, 0.15) is 46.2 Å². The van der Waals surface area contributed by atoms with Gasteiger partial charge in [0.25, 0.3) is 5.91 Å². The zero-order valence-electron chi connectivity index (χ0n) is 18.1. The minimum absolute atomic E-state index is 0.0115. The molecule has 0 saturated heterocycles. The molecule has 5 heteroatoms. The molecule has 0 bridgehead atoms. The molecule has 1 aromatic heterocycles. The van der Waals surface area contributed by atoms with Gasteiger partial charge >= 0.3 is 0 Å². The molecule has 5 nitrogen and oxygen atoms in total. The SMILES string of the molecule is Cc1cc(C)n(Cc2ccc(C(=O)NCCCN3c4ccccc4C[C@@H]3C)cc2)n1. The van der Waals surface area contributed by atoms with Gasteiger partial charge in [0, 0.05) is 36.1 Å². The standard InChI is InChI=1S/C25H30N4O/c1-18-15-20(3)29(27-18)17-21-9-11-22(12-10-21)25(30)26-13-6-14-28-19(2)16-23-7-4-5-8-24(23)28/h4-5,7-12,15,19H,6,13-14,16-17H2,1-3H3,(H,26,30)/t19-/m0/s1. The molecule has 156 valence electrons. The molecular weight excluding hydrogens is 372 g/mol. The molecule has 0 saturated carbocycles. The summed E-state index contributed by atoms with van der Waals surface area (Å²) in [4.78, 5) is 14.9. The Morgan fingerprint density at radius 3 is 2.63 bits per heavy atom. The van der Waals surface area contributed by atoms with Crippen LogP contribution in [0, 0.1) is 13.8 Å². The van der Waals surface area contributed by atoms with Crippen LogP contribution < -0.4 is 10.2 Å². The van der Waals surface area contributed by atoms with E-state index in [1.807, 2.05) is 35.9 Å². The van der Waals surface area contributed by atoms with E-state index in [4.69, 9.17) is 0 Å². The van der Waals surface area contributed by atoms with Crippen LogP contribution in [0.4, 0.5) is 5.69 Å². The molecule has 0 spiro atoms. The Bertz CT molecular complexity index is 1020. The summed E-state index contributed by atoms with van der Waals surface area (Å²) in [6.07, 6.45) is 2.03. The topological polar surface area (TPSA) is 50.2 Å². The van der Waals surface area contributed by atoms with Crippen LogP contribution in [-0.4, -0.2) is 34.8 Å². The molecule has 0 radical (unpaired) electrons. The van der Waals surface area contributed by atoms with E-state index in [1.54, 1.807) is 0 Å². The summed E-state index contributed by atoms with van der Waals surface area (Å²) in [5.74, 6) is -0.0115. The highest BCUT2D eigenvalue weighted by Gasteiger charge is 2.24. The van der Waals surface area contributed by atoms with Crippen LogP contribution in [-0.2, 0) is 13.0 Å². The molecule has 1 N–H and O–H groups in total. The van der Waals surface area contributed by atoms with E-state index in [0.717, 1.165) is 42.9 Å². The van der Waals surface area contributed by atoms with Gasteiger partial charge in [0.15, 0.2) is 0 Å². The third-order valence-electron chi connectivity index (χ3n) is 5.86. The highest BCUT2D eigenvalue weighted by molar-refractivity contribution is 5.94. The van der Waals surface area contributed by atoms with Gasteiger partial charge in [-0.1, -0.05) is 30.3 Å². The van der Waals surface area contributed by atoms with Crippen molar-refractivity contribution in [2.75, 3.05) is 18.0 Å². The van der Waals surface area contributed by atoms with E-state index in [0.29, 0.717) is 18.2 Å². The number of para-hydroxylation sites is 1. The summed E-state index contributed by atoms with van der Waals surface area (Å²) in [6, 6.07) is 19.0. The minimum Gasteiger partial charge on any atom is -0.368 e. The van der Waals surface area contributed by atoms with Crippen molar-refractivity contribution in [2.24, 2.45) is 0 Å². The molecule has 0 fully saturated rings. The molecule has 30 heavy (non-hydrogen) atoms. The Hall–Kier alpha value is -3.08. The van der Waals surface area contributed by atoms with Crippen LogP contribution >= 0.6 is 0 Å². The first kappa shape index (κ1) is 20.2. The quantitative estimate of drug-likeness (QED) is 0.605. The first-order chi connectivity index (χ1) is 14.5. The number of benzene rings is 2. The van der Waals surface area contributed by atoms with Crippen molar-refractivity contribution in [3.63, 3.8) is 0 Å². The number of rotatable bonds is 7. The fourth-order valence-electron chi connectivity index (χ4n) is 4.29. The second-order valence-corrected chi connectivity index (χ2v) is 8.27. The average molecular weight is 403 g/mol. The molecule has 1 atom stereocenters. The number of hydrogen-bond donors (Lipinski definition) is 1. The third-order valence-corrected chi connectivity index (χ3v) is 5.86. The number of nitrogens with zero attached hydrogens (tertiary/aromatic N) is 3. The number of hydrogen-bond acceptors (Lipinski definition) is 3. The number of fused-ring (bicyclic) bond motifs is 1. The monoisotopic (exact) mass is 402 g/mol. The lowest BCUT2D eigenvalue weighted by Crippen LogP contribution is -2.33. The predicted octanol–water partition coefficient (Wildman–Crippen LogP) is 4.12. The predicted molar refractivity (Wildman–Crippen MR) is 121 cm³/mol. The molecule has 0 aliphatic carbocycles. The highest BCUT2D eigenvalue weighted by Crippen LogP contribution is 2.31. The maximum absolute atomic E-state index is 12.5. The van der Waals surface area contributed by atoms with Crippen LogP contribution in [0.5, 0.6) is 0 Å². The number of aromatic nitrogens is 2. The Labute approximate surface area is 178 Å². The van der Waals surface area contributed by atoms with Crippen LogP contribution in [0.15, 0.2) is 54.6 Å². The lowest BCUT2D eigenvalue weighted by atomic mass is 10.1. The van der Waals surface area contributed by atoms with Crippen LogP contribution in [0.2, 0.25) is 0 Å². The van der Waals surface area contributed by atoms with Gasteiger partial charge in [0.2, 0.25) is 0 Å². The fourth-order valence-corrected chi connectivity index (χ4v) is 4.29. The summed E-state index contributed by atoms with van der Waals surface area (Å²) in [6.45, 7) is 8.68. The van der Waals surface area contributed by atoms with E-state index in [-0.39, 0.29) is 5.91 Å². The fraction of sp³-hybridized carbons (Fsp3) is 0.360. The Kier molecular flexibility index (Phi) is 5.88. The first-order valence-corrected chi connectivity index (χ1v) is 10.7.